The van der Waals surface area contributed by atoms with Crippen molar-refractivity contribution < 1.29 is 5.11 Å². The number of anilines is 2. The van der Waals surface area contributed by atoms with Gasteiger partial charge in [0.05, 0.1) is 10.0 Å². The second-order valence-corrected chi connectivity index (χ2v) is 5.95. The van der Waals surface area contributed by atoms with E-state index in [1.54, 1.807) is 6.07 Å². The Morgan fingerprint density at radius 1 is 1.32 bits per heavy atom. The first-order valence-electron chi connectivity index (χ1n) is 6.07. The summed E-state index contributed by atoms with van der Waals surface area (Å²) in [6, 6.07) is 1.59. The molecule has 0 saturated heterocycles. The van der Waals surface area contributed by atoms with E-state index in [2.05, 4.69) is 29.6 Å². The quantitative estimate of drug-likeness (QED) is 0.460. The third-order valence-electron chi connectivity index (χ3n) is 2.81. The minimum atomic E-state index is 0.0314. The number of hydrogen-bond acceptors (Lipinski definition) is 5. The molecule has 1 aromatic heterocycles. The minimum Gasteiger partial charge on any atom is -0.396 e. The van der Waals surface area contributed by atoms with Crippen LogP contribution in [0.2, 0.25) is 10.0 Å². The van der Waals surface area contributed by atoms with Gasteiger partial charge < -0.3 is 15.8 Å². The number of nitrogens with one attached hydrogen (secondary N) is 2. The molecule has 1 aromatic rings. The number of aliphatic hydroxyl groups is 1. The van der Waals surface area contributed by atoms with Gasteiger partial charge in [-0.3, -0.25) is 0 Å². The van der Waals surface area contributed by atoms with Crippen molar-refractivity contribution in [2.75, 3.05) is 23.9 Å². The van der Waals surface area contributed by atoms with Crippen molar-refractivity contribution in [3.8, 4) is 0 Å². The van der Waals surface area contributed by atoms with Gasteiger partial charge in [0.1, 0.15) is 5.82 Å². The molecule has 1 heterocycles. The lowest BCUT2D eigenvalue weighted by atomic mass is 9.88. The monoisotopic (exact) mass is 306 g/mol. The number of nitrogens with two attached hydrogens (primary N) is 1. The predicted octanol–water partition coefficient (Wildman–Crippen LogP) is 2.88. The molecule has 0 spiro atoms. The van der Waals surface area contributed by atoms with Crippen molar-refractivity contribution in [3.05, 3.63) is 16.1 Å². The maximum atomic E-state index is 8.87. The summed E-state index contributed by atoms with van der Waals surface area (Å²) in [4.78, 5) is 4.21. The van der Waals surface area contributed by atoms with Gasteiger partial charge in [0, 0.05) is 13.2 Å². The van der Waals surface area contributed by atoms with E-state index in [4.69, 9.17) is 34.2 Å². The van der Waals surface area contributed by atoms with Crippen LogP contribution >= 0.6 is 23.2 Å². The molecule has 0 amide bonds. The van der Waals surface area contributed by atoms with Gasteiger partial charge in [-0.05, 0) is 24.3 Å². The second kappa shape index (κ2) is 7.14. The molecule has 19 heavy (non-hydrogen) atoms. The summed E-state index contributed by atoms with van der Waals surface area (Å²) in [6.07, 6.45) is 1.68. The zero-order valence-corrected chi connectivity index (χ0v) is 12.6. The van der Waals surface area contributed by atoms with Crippen LogP contribution in [0.15, 0.2) is 6.07 Å². The minimum absolute atomic E-state index is 0.0314. The maximum Gasteiger partial charge on any atom is 0.161 e. The largest absolute Gasteiger partial charge is 0.396 e. The average Bonchev–Trinajstić information content (AvgIpc) is 2.35. The summed E-state index contributed by atoms with van der Waals surface area (Å²) in [5, 5.41) is 12.9. The van der Waals surface area contributed by atoms with Crippen LogP contribution in [0, 0.1) is 5.41 Å². The number of nitrogens with zero attached hydrogens (tertiary/aromatic N) is 1. The molecular weight excluding hydrogens is 287 g/mol. The molecule has 0 aliphatic rings. The lowest BCUT2D eigenvalue weighted by Crippen LogP contribution is -2.24. The predicted molar refractivity (Wildman–Crippen MR) is 80.7 cm³/mol. The molecule has 0 fully saturated rings. The molecule has 108 valence electrons. The number of aromatic nitrogens is 1. The fourth-order valence-electron chi connectivity index (χ4n) is 1.66. The topological polar surface area (TPSA) is 83.2 Å². The van der Waals surface area contributed by atoms with E-state index >= 15 is 0 Å². The second-order valence-electron chi connectivity index (χ2n) is 5.14. The lowest BCUT2D eigenvalue weighted by Gasteiger charge is -2.25. The first-order valence-corrected chi connectivity index (χ1v) is 6.82. The Kier molecular flexibility index (Phi) is 6.13. The average molecular weight is 307 g/mol. The lowest BCUT2D eigenvalue weighted by molar-refractivity contribution is 0.248. The van der Waals surface area contributed by atoms with Crippen molar-refractivity contribution in [1.82, 2.24) is 4.98 Å². The fraction of sp³-hybridized carbons (Fsp3) is 0.583. The highest BCUT2D eigenvalue weighted by molar-refractivity contribution is 6.37. The summed E-state index contributed by atoms with van der Waals surface area (Å²) in [6.45, 7) is 5.11. The highest BCUT2D eigenvalue weighted by Gasteiger charge is 2.18. The summed E-state index contributed by atoms with van der Waals surface area (Å²) < 4.78 is 0. The van der Waals surface area contributed by atoms with Crippen molar-refractivity contribution in [1.29, 1.82) is 0 Å². The number of halogens is 2. The van der Waals surface area contributed by atoms with Crippen LogP contribution in [0.25, 0.3) is 0 Å². The van der Waals surface area contributed by atoms with Crippen molar-refractivity contribution in [2.24, 2.45) is 11.3 Å². The molecule has 0 unspecified atom stereocenters. The third kappa shape index (κ3) is 5.03. The van der Waals surface area contributed by atoms with Gasteiger partial charge in [0.25, 0.3) is 0 Å². The normalized spacial score (nSPS) is 11.5. The van der Waals surface area contributed by atoms with Gasteiger partial charge in [-0.2, -0.15) is 0 Å². The Hall–Kier alpha value is -0.750. The van der Waals surface area contributed by atoms with Gasteiger partial charge >= 0.3 is 0 Å². The van der Waals surface area contributed by atoms with Crippen LogP contribution in [-0.2, 0) is 0 Å². The number of aliphatic hydroxyl groups excluding tert-OH is 1. The zero-order valence-electron chi connectivity index (χ0n) is 11.1. The van der Waals surface area contributed by atoms with E-state index in [1.165, 1.54) is 0 Å². The highest BCUT2D eigenvalue weighted by Crippen LogP contribution is 2.30. The molecule has 0 aliphatic carbocycles. The molecule has 0 aliphatic heterocycles. The molecule has 5 nitrogen and oxygen atoms in total. The summed E-state index contributed by atoms with van der Waals surface area (Å²) in [5.41, 5.74) is 2.45. The third-order valence-corrected chi connectivity index (χ3v) is 3.39. The molecule has 0 aromatic carbocycles. The number of nitrogen functional groups attached to an aromatic ring is 1. The van der Waals surface area contributed by atoms with E-state index in [-0.39, 0.29) is 12.0 Å². The Labute approximate surface area is 123 Å². The molecule has 1 rings (SSSR count). The molecule has 0 saturated carbocycles. The highest BCUT2D eigenvalue weighted by atomic mass is 35.5. The Morgan fingerprint density at radius 3 is 2.53 bits per heavy atom. The van der Waals surface area contributed by atoms with Crippen LogP contribution < -0.4 is 16.6 Å². The molecule has 0 radical (unpaired) electrons. The van der Waals surface area contributed by atoms with Gasteiger partial charge in [0.2, 0.25) is 0 Å². The standard InChI is InChI=1S/C12H20Cl2N4O/c1-12(2,4-3-5-19)7-16-10-8(13)6-9(14)11(17-10)18-15/h6,19H,3-5,7,15H2,1-2H3,(H2,16,17,18). The molecule has 0 atom stereocenters. The number of pyridine rings is 1. The first-order chi connectivity index (χ1) is 8.89. The fourth-order valence-corrected chi connectivity index (χ4v) is 2.14. The van der Waals surface area contributed by atoms with Gasteiger partial charge in [0.15, 0.2) is 5.82 Å². The van der Waals surface area contributed by atoms with E-state index < -0.39 is 0 Å². The summed E-state index contributed by atoms with van der Waals surface area (Å²) >= 11 is 12.0. The van der Waals surface area contributed by atoms with E-state index in [9.17, 15) is 0 Å². The van der Waals surface area contributed by atoms with Gasteiger partial charge in [-0.15, -0.1) is 0 Å². The summed E-state index contributed by atoms with van der Waals surface area (Å²) in [7, 11) is 0. The molecular formula is C12H20Cl2N4O. The van der Waals surface area contributed by atoms with E-state index in [0.29, 0.717) is 28.2 Å². The molecule has 7 heteroatoms. The maximum absolute atomic E-state index is 8.87. The van der Waals surface area contributed by atoms with E-state index in [0.717, 1.165) is 12.8 Å². The number of hydrazine groups is 1. The molecule has 0 bridgehead atoms. The Morgan fingerprint density at radius 2 is 1.95 bits per heavy atom. The Bertz CT molecular complexity index is 426. The van der Waals surface area contributed by atoms with Crippen LogP contribution in [0.5, 0.6) is 0 Å². The van der Waals surface area contributed by atoms with E-state index in [1.807, 2.05) is 0 Å². The first kappa shape index (κ1) is 16.3. The van der Waals surface area contributed by atoms with Crippen LogP contribution in [0.1, 0.15) is 26.7 Å². The zero-order chi connectivity index (χ0) is 14.5. The summed E-state index contributed by atoms with van der Waals surface area (Å²) in [5.74, 6) is 6.24. The Balaban J connectivity index is 2.72. The van der Waals surface area contributed by atoms with Crippen molar-refractivity contribution in [2.45, 2.75) is 26.7 Å². The van der Waals surface area contributed by atoms with Gasteiger partial charge in [-0.25, -0.2) is 10.8 Å². The number of rotatable bonds is 7. The van der Waals surface area contributed by atoms with Crippen molar-refractivity contribution >= 4 is 34.8 Å². The van der Waals surface area contributed by atoms with Crippen LogP contribution in [-0.4, -0.2) is 23.2 Å². The van der Waals surface area contributed by atoms with Gasteiger partial charge in [-0.1, -0.05) is 37.0 Å². The number of hydrogen-bond donors (Lipinski definition) is 4. The van der Waals surface area contributed by atoms with Crippen LogP contribution in [0.3, 0.4) is 0 Å². The smallest absolute Gasteiger partial charge is 0.161 e. The van der Waals surface area contributed by atoms with Crippen molar-refractivity contribution in [3.63, 3.8) is 0 Å². The SMILES string of the molecule is CC(C)(CCCO)CNc1nc(NN)c(Cl)cc1Cl. The van der Waals surface area contributed by atoms with Crippen LogP contribution in [0.4, 0.5) is 11.6 Å². The molecule has 5 N–H and O–H groups in total.